The molecule has 0 rings (SSSR count). The van der Waals surface area contributed by atoms with Gasteiger partial charge in [0.15, 0.2) is 5.96 Å². The summed E-state index contributed by atoms with van der Waals surface area (Å²) >= 11 is 0. The molecular weight excluding hydrogens is 235 g/mol. The molecule has 0 bridgehead atoms. The lowest BCUT2D eigenvalue weighted by molar-refractivity contribution is -0.132. The van der Waals surface area contributed by atoms with Crippen LogP contribution < -0.4 is 10.6 Å². The first-order valence-electron chi connectivity index (χ1n) is 5.26. The zero-order valence-corrected chi connectivity index (χ0v) is 10.6. The first kappa shape index (κ1) is 16.0. The number of nitrogens with zero attached hydrogens (tertiary/aromatic N) is 1. The number of ether oxygens (including phenoxy) is 1. The Balaban J connectivity index is 3.95. The zero-order valence-electron chi connectivity index (χ0n) is 10.6. The highest BCUT2D eigenvalue weighted by Gasteiger charge is 2.26. The molecule has 0 saturated heterocycles. The van der Waals surface area contributed by atoms with Crippen molar-refractivity contribution in [2.45, 2.75) is 32.0 Å². The van der Waals surface area contributed by atoms with Crippen molar-refractivity contribution in [3.8, 4) is 0 Å². The maximum Gasteiger partial charge on any atom is 0.390 e. The lowest BCUT2D eigenvalue weighted by atomic mass is 10.1. The quantitative estimate of drug-likeness (QED) is 0.578. The summed E-state index contributed by atoms with van der Waals surface area (Å²) in [5, 5.41) is 5.48. The van der Waals surface area contributed by atoms with Crippen LogP contribution >= 0.6 is 0 Å². The van der Waals surface area contributed by atoms with Gasteiger partial charge in [-0.2, -0.15) is 13.2 Å². The predicted octanol–water partition coefficient (Wildman–Crippen LogP) is 1.53. The molecule has 4 nitrogen and oxygen atoms in total. The minimum atomic E-state index is -4.16. The van der Waals surface area contributed by atoms with Crippen LogP contribution in [0.5, 0.6) is 0 Å². The fourth-order valence-corrected chi connectivity index (χ4v) is 0.912. The number of methoxy groups -OCH3 is 1. The molecule has 0 atom stereocenters. The summed E-state index contributed by atoms with van der Waals surface area (Å²) in [4.78, 5) is 3.82. The van der Waals surface area contributed by atoms with Gasteiger partial charge < -0.3 is 15.4 Å². The molecule has 0 saturated carbocycles. The van der Waals surface area contributed by atoms with Gasteiger partial charge >= 0.3 is 6.18 Å². The van der Waals surface area contributed by atoms with E-state index in [1.165, 1.54) is 7.05 Å². The standard InChI is InChI=1S/C10H20F3N3O/c1-9(2,17-4)7-16-8(14-3)15-6-5-10(11,12)13/h5-7H2,1-4H3,(H2,14,15,16). The Labute approximate surface area is 99.6 Å². The first-order valence-corrected chi connectivity index (χ1v) is 5.26. The molecular formula is C10H20F3N3O. The van der Waals surface area contributed by atoms with Crippen LogP contribution in [0.2, 0.25) is 0 Å². The molecule has 7 heteroatoms. The molecule has 0 aromatic heterocycles. The van der Waals surface area contributed by atoms with Crippen LogP contribution in [0.1, 0.15) is 20.3 Å². The van der Waals surface area contributed by atoms with Gasteiger partial charge in [0, 0.05) is 27.2 Å². The normalized spacial score (nSPS) is 13.7. The predicted molar refractivity (Wildman–Crippen MR) is 61.1 cm³/mol. The van der Waals surface area contributed by atoms with Crippen LogP contribution in [-0.2, 0) is 4.74 Å². The maximum atomic E-state index is 11.9. The van der Waals surface area contributed by atoms with E-state index in [0.717, 1.165) is 0 Å². The van der Waals surface area contributed by atoms with Crippen LogP contribution in [0, 0.1) is 0 Å². The Morgan fingerprint density at radius 2 is 1.82 bits per heavy atom. The van der Waals surface area contributed by atoms with Gasteiger partial charge in [-0.3, -0.25) is 4.99 Å². The molecule has 102 valence electrons. The van der Waals surface area contributed by atoms with Gasteiger partial charge in [0.2, 0.25) is 0 Å². The second-order valence-corrected chi connectivity index (χ2v) is 4.18. The Hall–Kier alpha value is -0.980. The summed E-state index contributed by atoms with van der Waals surface area (Å²) in [6, 6.07) is 0. The molecule has 0 aliphatic rings. The van der Waals surface area contributed by atoms with Crippen molar-refractivity contribution < 1.29 is 17.9 Å². The van der Waals surface area contributed by atoms with Crippen molar-refractivity contribution in [2.75, 3.05) is 27.2 Å². The number of hydrogen-bond acceptors (Lipinski definition) is 2. The largest absolute Gasteiger partial charge is 0.390 e. The third-order valence-electron chi connectivity index (χ3n) is 2.16. The Bertz CT molecular complexity index is 252. The molecule has 0 aliphatic carbocycles. The fourth-order valence-electron chi connectivity index (χ4n) is 0.912. The van der Waals surface area contributed by atoms with Gasteiger partial charge in [-0.05, 0) is 13.8 Å². The van der Waals surface area contributed by atoms with Crippen molar-refractivity contribution in [3.05, 3.63) is 0 Å². The van der Waals surface area contributed by atoms with E-state index >= 15 is 0 Å². The van der Waals surface area contributed by atoms with E-state index < -0.39 is 18.2 Å². The van der Waals surface area contributed by atoms with Crippen LogP contribution in [0.15, 0.2) is 4.99 Å². The molecule has 0 aromatic rings. The highest BCUT2D eigenvalue weighted by Crippen LogP contribution is 2.18. The van der Waals surface area contributed by atoms with Crippen LogP contribution in [-0.4, -0.2) is 45.0 Å². The highest BCUT2D eigenvalue weighted by atomic mass is 19.4. The molecule has 0 amide bonds. The maximum absolute atomic E-state index is 11.9. The van der Waals surface area contributed by atoms with Crippen LogP contribution in [0.25, 0.3) is 0 Å². The van der Waals surface area contributed by atoms with E-state index in [9.17, 15) is 13.2 Å². The summed E-state index contributed by atoms with van der Waals surface area (Å²) in [7, 11) is 3.07. The third kappa shape index (κ3) is 8.79. The van der Waals surface area contributed by atoms with Crippen LogP contribution in [0.3, 0.4) is 0 Å². The number of guanidine groups is 1. The van der Waals surface area contributed by atoms with Crippen molar-refractivity contribution in [1.82, 2.24) is 10.6 Å². The van der Waals surface area contributed by atoms with Crippen molar-refractivity contribution in [1.29, 1.82) is 0 Å². The van der Waals surface area contributed by atoms with Gasteiger partial charge in [0.1, 0.15) is 0 Å². The molecule has 17 heavy (non-hydrogen) atoms. The molecule has 0 aliphatic heterocycles. The molecule has 0 unspecified atom stereocenters. The SMILES string of the molecule is CN=C(NCCC(F)(F)F)NCC(C)(C)OC. The first-order chi connectivity index (χ1) is 7.70. The summed E-state index contributed by atoms with van der Waals surface area (Å²) in [5.41, 5.74) is -0.401. The second-order valence-electron chi connectivity index (χ2n) is 4.18. The third-order valence-corrected chi connectivity index (χ3v) is 2.16. The average molecular weight is 255 g/mol. The lowest BCUT2D eigenvalue weighted by Gasteiger charge is -2.24. The zero-order chi connectivity index (χ0) is 13.5. The minimum Gasteiger partial charge on any atom is -0.377 e. The number of aliphatic imine (C=N–C) groups is 1. The van der Waals surface area contributed by atoms with E-state index in [2.05, 4.69) is 15.6 Å². The molecule has 0 radical (unpaired) electrons. The van der Waals surface area contributed by atoms with Crippen molar-refractivity contribution >= 4 is 5.96 Å². The Morgan fingerprint density at radius 3 is 2.24 bits per heavy atom. The van der Waals surface area contributed by atoms with E-state index in [1.54, 1.807) is 7.11 Å². The van der Waals surface area contributed by atoms with E-state index in [0.29, 0.717) is 12.5 Å². The van der Waals surface area contributed by atoms with E-state index in [4.69, 9.17) is 4.74 Å². The summed E-state index contributed by atoms with van der Waals surface area (Å²) in [5.74, 6) is 0.333. The number of hydrogen-bond donors (Lipinski definition) is 2. The Morgan fingerprint density at radius 1 is 1.24 bits per heavy atom. The monoisotopic (exact) mass is 255 g/mol. The van der Waals surface area contributed by atoms with Gasteiger partial charge in [-0.15, -0.1) is 0 Å². The summed E-state index contributed by atoms with van der Waals surface area (Å²) < 4.78 is 40.9. The molecule has 0 fully saturated rings. The molecule has 0 aromatic carbocycles. The van der Waals surface area contributed by atoms with Crippen molar-refractivity contribution in [3.63, 3.8) is 0 Å². The minimum absolute atomic E-state index is 0.198. The highest BCUT2D eigenvalue weighted by molar-refractivity contribution is 5.79. The topological polar surface area (TPSA) is 45.7 Å². The van der Waals surface area contributed by atoms with E-state index in [1.807, 2.05) is 13.8 Å². The van der Waals surface area contributed by atoms with Gasteiger partial charge in [-0.1, -0.05) is 0 Å². The number of halogens is 3. The van der Waals surface area contributed by atoms with Gasteiger partial charge in [0.05, 0.1) is 12.0 Å². The molecule has 0 heterocycles. The molecule has 0 spiro atoms. The second kappa shape index (κ2) is 6.68. The lowest BCUT2D eigenvalue weighted by Crippen LogP contribution is -2.45. The van der Waals surface area contributed by atoms with Gasteiger partial charge in [0.25, 0.3) is 0 Å². The number of alkyl halides is 3. The van der Waals surface area contributed by atoms with E-state index in [-0.39, 0.29) is 6.54 Å². The van der Waals surface area contributed by atoms with Gasteiger partial charge in [-0.25, -0.2) is 0 Å². The van der Waals surface area contributed by atoms with Crippen molar-refractivity contribution in [2.24, 2.45) is 4.99 Å². The van der Waals surface area contributed by atoms with Crippen LogP contribution in [0.4, 0.5) is 13.2 Å². The summed E-state index contributed by atoms with van der Waals surface area (Å²) in [6.45, 7) is 3.98. The smallest absolute Gasteiger partial charge is 0.377 e. The fraction of sp³-hybridized carbons (Fsp3) is 0.900. The number of rotatable bonds is 5. The number of nitrogens with one attached hydrogen (secondary N) is 2. The average Bonchev–Trinajstić information content (AvgIpc) is 2.21. The summed E-state index contributed by atoms with van der Waals surface area (Å²) in [6.07, 6.45) is -5.04. The molecule has 2 N–H and O–H groups in total. The Kier molecular flexibility index (Phi) is 6.30.